The van der Waals surface area contributed by atoms with Crippen molar-refractivity contribution >= 4 is 0 Å². The Hall–Kier alpha value is -0.960. The van der Waals surface area contributed by atoms with Gasteiger partial charge in [-0.2, -0.15) is 0 Å². The van der Waals surface area contributed by atoms with E-state index in [0.717, 1.165) is 39.4 Å². The third kappa shape index (κ3) is 4.73. The zero-order chi connectivity index (χ0) is 13.2. The van der Waals surface area contributed by atoms with Gasteiger partial charge in [0.25, 0.3) is 0 Å². The van der Waals surface area contributed by atoms with E-state index in [1.54, 1.807) is 0 Å². The zero-order valence-corrected chi connectivity index (χ0v) is 12.2. The van der Waals surface area contributed by atoms with Gasteiger partial charge < -0.3 is 14.5 Å². The molecule has 0 aromatic rings. The smallest absolute Gasteiger partial charge is 0.104 e. The summed E-state index contributed by atoms with van der Waals surface area (Å²) >= 11 is 0. The molecule has 0 aliphatic carbocycles. The van der Waals surface area contributed by atoms with Crippen LogP contribution < -0.4 is 0 Å². The van der Waals surface area contributed by atoms with Crippen molar-refractivity contribution in [2.75, 3.05) is 39.4 Å². The van der Waals surface area contributed by atoms with Crippen LogP contribution in [0.15, 0.2) is 24.0 Å². The fourth-order valence-corrected chi connectivity index (χ4v) is 2.27. The Balaban J connectivity index is 2.79. The number of ether oxygens (including phenoxy) is 1. The third-order valence-corrected chi connectivity index (χ3v) is 3.08. The van der Waals surface area contributed by atoms with E-state index >= 15 is 0 Å². The largest absolute Gasteiger partial charge is 0.378 e. The van der Waals surface area contributed by atoms with Gasteiger partial charge in [0.1, 0.15) is 5.82 Å². The first-order chi connectivity index (χ1) is 8.83. The summed E-state index contributed by atoms with van der Waals surface area (Å²) in [7, 11) is 0. The molecule has 1 rings (SSSR count). The minimum atomic E-state index is 0.846. The topological polar surface area (TPSA) is 15.7 Å². The first-order valence-corrected chi connectivity index (χ1v) is 7.24. The molecule has 0 amide bonds. The van der Waals surface area contributed by atoms with E-state index in [-0.39, 0.29) is 0 Å². The van der Waals surface area contributed by atoms with Crippen molar-refractivity contribution in [2.24, 2.45) is 0 Å². The predicted molar refractivity (Wildman–Crippen MR) is 77.4 cm³/mol. The number of hydrogen-bond donors (Lipinski definition) is 0. The van der Waals surface area contributed by atoms with E-state index < -0.39 is 0 Å². The van der Waals surface area contributed by atoms with Gasteiger partial charge in [0.05, 0.1) is 13.2 Å². The summed E-state index contributed by atoms with van der Waals surface area (Å²) < 4.78 is 5.45. The molecule has 0 saturated carbocycles. The average Bonchev–Trinajstić information content (AvgIpc) is 2.41. The van der Waals surface area contributed by atoms with Crippen LogP contribution in [0.25, 0.3) is 0 Å². The lowest BCUT2D eigenvalue weighted by atomic mass is 10.3. The molecule has 1 fully saturated rings. The van der Waals surface area contributed by atoms with E-state index in [4.69, 9.17) is 4.74 Å². The molecule has 3 nitrogen and oxygen atoms in total. The molecule has 0 radical (unpaired) electrons. The van der Waals surface area contributed by atoms with Gasteiger partial charge in [0, 0.05) is 26.2 Å². The molecular weight excluding hydrogens is 224 g/mol. The summed E-state index contributed by atoms with van der Waals surface area (Å²) in [6, 6.07) is 0. The van der Waals surface area contributed by atoms with Gasteiger partial charge in [-0.3, -0.25) is 0 Å². The summed E-state index contributed by atoms with van der Waals surface area (Å²) in [6.45, 7) is 12.5. The Morgan fingerprint density at radius 3 is 2.28 bits per heavy atom. The summed E-state index contributed by atoms with van der Waals surface area (Å²) in [5.74, 6) is 1.36. The molecule has 1 aliphatic heterocycles. The second-order valence-electron chi connectivity index (χ2n) is 4.64. The SMILES string of the molecule is C/C=C/C=C(/N(CCC)CCC)N1CCOCC1. The summed E-state index contributed by atoms with van der Waals surface area (Å²) in [5.41, 5.74) is 0. The van der Waals surface area contributed by atoms with Crippen molar-refractivity contribution in [3.8, 4) is 0 Å². The van der Waals surface area contributed by atoms with Gasteiger partial charge in [-0.1, -0.05) is 26.0 Å². The fraction of sp³-hybridized carbons (Fsp3) is 0.733. The highest BCUT2D eigenvalue weighted by atomic mass is 16.5. The molecule has 3 heteroatoms. The number of nitrogens with zero attached hydrogens (tertiary/aromatic N) is 2. The highest BCUT2D eigenvalue weighted by Gasteiger charge is 2.17. The number of morpholine rings is 1. The lowest BCUT2D eigenvalue weighted by Crippen LogP contribution is -2.42. The summed E-state index contributed by atoms with van der Waals surface area (Å²) in [6.07, 6.45) is 8.87. The Morgan fingerprint density at radius 1 is 1.17 bits per heavy atom. The molecule has 0 aromatic carbocycles. The van der Waals surface area contributed by atoms with Crippen molar-refractivity contribution in [2.45, 2.75) is 33.6 Å². The fourth-order valence-electron chi connectivity index (χ4n) is 2.27. The summed E-state index contributed by atoms with van der Waals surface area (Å²) in [5, 5.41) is 0. The zero-order valence-electron chi connectivity index (χ0n) is 12.2. The predicted octanol–water partition coefficient (Wildman–Crippen LogP) is 2.86. The Kier molecular flexibility index (Phi) is 7.58. The number of hydrogen-bond acceptors (Lipinski definition) is 3. The molecule has 0 aromatic heterocycles. The molecule has 0 spiro atoms. The van der Waals surface area contributed by atoms with Crippen molar-refractivity contribution in [3.63, 3.8) is 0 Å². The second kappa shape index (κ2) is 9.03. The van der Waals surface area contributed by atoms with Crippen molar-refractivity contribution < 1.29 is 4.74 Å². The number of rotatable bonds is 7. The van der Waals surface area contributed by atoms with Gasteiger partial charge in [0.2, 0.25) is 0 Å². The van der Waals surface area contributed by atoms with E-state index in [2.05, 4.69) is 48.8 Å². The highest BCUT2D eigenvalue weighted by molar-refractivity contribution is 5.11. The normalized spacial score (nSPS) is 17.5. The number of allylic oxidation sites excluding steroid dienone is 3. The van der Waals surface area contributed by atoms with Crippen LogP contribution in [0.3, 0.4) is 0 Å². The molecule has 1 saturated heterocycles. The van der Waals surface area contributed by atoms with Gasteiger partial charge in [0.15, 0.2) is 0 Å². The van der Waals surface area contributed by atoms with Crippen LogP contribution in [-0.4, -0.2) is 49.2 Å². The molecule has 1 aliphatic rings. The van der Waals surface area contributed by atoms with E-state index in [1.165, 1.54) is 18.7 Å². The quantitative estimate of drug-likeness (QED) is 0.648. The molecule has 18 heavy (non-hydrogen) atoms. The Morgan fingerprint density at radius 2 is 1.78 bits per heavy atom. The van der Waals surface area contributed by atoms with Crippen molar-refractivity contribution in [1.82, 2.24) is 9.80 Å². The minimum absolute atomic E-state index is 0.846. The molecule has 0 atom stereocenters. The van der Waals surface area contributed by atoms with Crippen molar-refractivity contribution in [1.29, 1.82) is 0 Å². The van der Waals surface area contributed by atoms with Gasteiger partial charge in [-0.15, -0.1) is 0 Å². The van der Waals surface area contributed by atoms with Crippen LogP contribution in [-0.2, 0) is 4.74 Å². The molecule has 0 bridgehead atoms. The summed E-state index contributed by atoms with van der Waals surface area (Å²) in [4.78, 5) is 4.96. The lowest BCUT2D eigenvalue weighted by Gasteiger charge is -2.38. The monoisotopic (exact) mass is 252 g/mol. The van der Waals surface area contributed by atoms with E-state index in [9.17, 15) is 0 Å². The van der Waals surface area contributed by atoms with Crippen LogP contribution in [0.1, 0.15) is 33.6 Å². The molecule has 104 valence electrons. The van der Waals surface area contributed by atoms with Gasteiger partial charge >= 0.3 is 0 Å². The first-order valence-electron chi connectivity index (χ1n) is 7.24. The Bertz CT molecular complexity index is 262. The molecular formula is C15H28N2O. The highest BCUT2D eigenvalue weighted by Crippen LogP contribution is 2.14. The van der Waals surface area contributed by atoms with Gasteiger partial charge in [-0.05, 0) is 25.8 Å². The molecule has 1 heterocycles. The maximum absolute atomic E-state index is 5.45. The minimum Gasteiger partial charge on any atom is -0.378 e. The Labute approximate surface area is 112 Å². The van der Waals surface area contributed by atoms with E-state index in [0.29, 0.717) is 0 Å². The first kappa shape index (κ1) is 15.1. The second-order valence-corrected chi connectivity index (χ2v) is 4.64. The van der Waals surface area contributed by atoms with Crippen LogP contribution in [0.2, 0.25) is 0 Å². The average molecular weight is 252 g/mol. The third-order valence-electron chi connectivity index (χ3n) is 3.08. The van der Waals surface area contributed by atoms with Crippen LogP contribution in [0.4, 0.5) is 0 Å². The van der Waals surface area contributed by atoms with Crippen molar-refractivity contribution in [3.05, 3.63) is 24.0 Å². The van der Waals surface area contributed by atoms with Crippen LogP contribution in [0.5, 0.6) is 0 Å². The molecule has 0 unspecified atom stereocenters. The van der Waals surface area contributed by atoms with E-state index in [1.807, 2.05) is 0 Å². The van der Waals surface area contributed by atoms with Crippen LogP contribution in [0, 0.1) is 0 Å². The lowest BCUT2D eigenvalue weighted by molar-refractivity contribution is 0.0375. The van der Waals surface area contributed by atoms with Gasteiger partial charge in [-0.25, -0.2) is 0 Å². The standard InChI is InChI=1S/C15H28N2O/c1-4-7-8-15(16(9-5-2)10-6-3)17-11-13-18-14-12-17/h4,7-8H,5-6,9-14H2,1-3H3/b7-4+,15-8-. The van der Waals surface area contributed by atoms with Crippen LogP contribution >= 0.6 is 0 Å². The maximum Gasteiger partial charge on any atom is 0.104 e. The molecule has 0 N–H and O–H groups in total. The maximum atomic E-state index is 5.45.